The number of fused-ring (bicyclic) bond motifs is 2. The minimum Gasteiger partial charge on any atom is -0.469 e. The first-order valence-electron chi connectivity index (χ1n) is 14.5. The summed E-state index contributed by atoms with van der Waals surface area (Å²) < 4.78 is 16.1. The van der Waals surface area contributed by atoms with Gasteiger partial charge in [0, 0.05) is 10.3 Å². The highest BCUT2D eigenvalue weighted by Gasteiger charge is 2.76. The summed E-state index contributed by atoms with van der Waals surface area (Å²) in [6.45, 7) is 3.82. The predicted octanol–water partition coefficient (Wildman–Crippen LogP) is 5.23. The molecule has 1 spiro atoms. The third kappa shape index (κ3) is 4.89. The van der Waals surface area contributed by atoms with Crippen LogP contribution < -0.4 is 0 Å². The summed E-state index contributed by atoms with van der Waals surface area (Å²) >= 11 is 1.44. The molecule has 2 saturated heterocycles. The molecule has 0 bridgehead atoms. The molecule has 8 nitrogen and oxygen atoms in total. The maximum Gasteiger partial charge on any atom is 0.334 e. The van der Waals surface area contributed by atoms with Crippen molar-refractivity contribution in [3.05, 3.63) is 119 Å². The summed E-state index contributed by atoms with van der Waals surface area (Å²) in [6, 6.07) is 27.2. The van der Waals surface area contributed by atoms with E-state index >= 15 is 0 Å². The van der Waals surface area contributed by atoms with Crippen molar-refractivity contribution in [3.8, 4) is 0 Å². The fraction of sp³-hybridized carbons (Fsp3) is 0.314. The van der Waals surface area contributed by atoms with Crippen LogP contribution in [0, 0.1) is 11.3 Å². The lowest BCUT2D eigenvalue weighted by Crippen LogP contribution is -2.71. The summed E-state index contributed by atoms with van der Waals surface area (Å²) in [4.78, 5) is 56.2. The number of esters is 3. The number of amides is 1. The number of rotatable bonds is 8. The number of β-lactam (4-membered cyclic amide) rings is 1. The maximum absolute atomic E-state index is 14.2. The van der Waals surface area contributed by atoms with Crippen LogP contribution >= 0.6 is 11.8 Å². The van der Waals surface area contributed by atoms with E-state index in [4.69, 9.17) is 14.2 Å². The zero-order valence-electron chi connectivity index (χ0n) is 24.7. The van der Waals surface area contributed by atoms with Gasteiger partial charge in [0.1, 0.15) is 24.0 Å². The standard InChI is InChI=1S/C35H33NO7S/c1-34(2)28(31(39)43-27(23-15-9-5-10-16-23)24-17-11-6-12-18-24)36-32(40)35(33(36)44-34)20-19-25(26(35)30(38)41-3)29(37)42-21-22-13-7-4-8-14-22/h4-19,26-28,33H,20-21H2,1-3H3/t26-,28+,33-,35-/m1/s1. The number of thioether (sulfide) groups is 1. The van der Waals surface area contributed by atoms with Crippen LogP contribution in [0.5, 0.6) is 0 Å². The number of hydrogen-bond donors (Lipinski definition) is 0. The van der Waals surface area contributed by atoms with Crippen molar-refractivity contribution in [2.45, 2.75) is 49.1 Å². The molecule has 226 valence electrons. The summed E-state index contributed by atoms with van der Waals surface area (Å²) in [5, 5.41) is -0.547. The van der Waals surface area contributed by atoms with Gasteiger partial charge in [-0.3, -0.25) is 9.59 Å². The van der Waals surface area contributed by atoms with Crippen LogP contribution in [0.15, 0.2) is 103 Å². The third-order valence-electron chi connectivity index (χ3n) is 8.71. The highest BCUT2D eigenvalue weighted by atomic mass is 32.2. The molecule has 1 amide bonds. The lowest BCUT2D eigenvalue weighted by atomic mass is 9.67. The van der Waals surface area contributed by atoms with Crippen LogP contribution in [-0.4, -0.2) is 52.0 Å². The van der Waals surface area contributed by atoms with Crippen LogP contribution in [0.3, 0.4) is 0 Å². The zero-order chi connectivity index (χ0) is 31.1. The molecule has 2 heterocycles. The van der Waals surface area contributed by atoms with E-state index in [0.717, 1.165) is 16.7 Å². The molecule has 1 aliphatic carbocycles. The van der Waals surface area contributed by atoms with Gasteiger partial charge < -0.3 is 19.1 Å². The van der Waals surface area contributed by atoms with Gasteiger partial charge in [-0.2, -0.15) is 0 Å². The van der Waals surface area contributed by atoms with Crippen molar-refractivity contribution >= 4 is 35.6 Å². The van der Waals surface area contributed by atoms with E-state index in [9.17, 15) is 19.2 Å². The number of carbonyl (C=O) groups is 4. The van der Waals surface area contributed by atoms with Gasteiger partial charge in [-0.05, 0) is 37.0 Å². The molecular formula is C35H33NO7S. The second kappa shape index (κ2) is 11.6. The molecule has 0 saturated carbocycles. The van der Waals surface area contributed by atoms with Crippen molar-refractivity contribution in [3.63, 3.8) is 0 Å². The largest absolute Gasteiger partial charge is 0.469 e. The quantitative estimate of drug-likeness (QED) is 0.194. The lowest BCUT2D eigenvalue weighted by Gasteiger charge is -2.54. The van der Waals surface area contributed by atoms with Gasteiger partial charge in [-0.1, -0.05) is 97.1 Å². The Morgan fingerprint density at radius 3 is 2.02 bits per heavy atom. The van der Waals surface area contributed by atoms with Gasteiger partial charge in [0.05, 0.1) is 12.5 Å². The zero-order valence-corrected chi connectivity index (χ0v) is 25.5. The highest BCUT2D eigenvalue weighted by molar-refractivity contribution is 8.01. The number of carbonyl (C=O) groups excluding carboxylic acids is 4. The molecule has 2 fully saturated rings. The summed E-state index contributed by atoms with van der Waals surface area (Å²) in [7, 11) is 1.24. The molecule has 0 unspecified atom stereocenters. The summed E-state index contributed by atoms with van der Waals surface area (Å²) in [5.41, 5.74) is 1.27. The SMILES string of the molecule is COC(=O)[C@H]1C(C(=O)OCc2ccccc2)=CC[C@]12C(=O)N1[C@@H](C(=O)OC(c3ccccc3)c3ccccc3)C(C)(C)S[C@@H]12. The Morgan fingerprint density at radius 1 is 0.886 bits per heavy atom. The molecule has 3 aliphatic rings. The molecule has 0 aromatic heterocycles. The number of allylic oxidation sites excluding steroid dienone is 1. The van der Waals surface area contributed by atoms with Crippen molar-refractivity contribution in [2.24, 2.45) is 11.3 Å². The smallest absolute Gasteiger partial charge is 0.334 e. The fourth-order valence-electron chi connectivity index (χ4n) is 6.61. The van der Waals surface area contributed by atoms with Crippen molar-refractivity contribution in [1.82, 2.24) is 4.90 Å². The number of methoxy groups -OCH3 is 1. The van der Waals surface area contributed by atoms with E-state index in [0.29, 0.717) is 0 Å². The molecule has 44 heavy (non-hydrogen) atoms. The van der Waals surface area contributed by atoms with Crippen LogP contribution in [-0.2, 0) is 40.0 Å². The molecule has 0 N–H and O–H groups in total. The van der Waals surface area contributed by atoms with E-state index in [1.807, 2.05) is 105 Å². The predicted molar refractivity (Wildman–Crippen MR) is 164 cm³/mol. The normalized spacial score (nSPS) is 24.8. The average molecular weight is 612 g/mol. The first kappa shape index (κ1) is 29.7. The monoisotopic (exact) mass is 611 g/mol. The summed E-state index contributed by atoms with van der Waals surface area (Å²) in [6.07, 6.45) is 1.10. The van der Waals surface area contributed by atoms with Gasteiger partial charge in [0.2, 0.25) is 5.91 Å². The van der Waals surface area contributed by atoms with Crippen LogP contribution in [0.1, 0.15) is 43.1 Å². The number of ether oxygens (including phenoxy) is 3. The number of hydrogen-bond acceptors (Lipinski definition) is 8. The summed E-state index contributed by atoms with van der Waals surface area (Å²) in [5.74, 6) is -3.41. The number of benzene rings is 3. The van der Waals surface area contributed by atoms with Crippen LogP contribution in [0.2, 0.25) is 0 Å². The second-order valence-corrected chi connectivity index (χ2v) is 13.5. The molecule has 9 heteroatoms. The lowest BCUT2D eigenvalue weighted by molar-refractivity contribution is -0.185. The first-order valence-corrected chi connectivity index (χ1v) is 15.4. The van der Waals surface area contributed by atoms with Gasteiger partial charge in [-0.15, -0.1) is 11.8 Å². The number of nitrogens with zero attached hydrogens (tertiary/aromatic N) is 1. The van der Waals surface area contributed by atoms with E-state index in [2.05, 4.69) is 0 Å². The Labute approximate surface area is 260 Å². The minimum absolute atomic E-state index is 0.0289. The van der Waals surface area contributed by atoms with E-state index < -0.39 is 51.5 Å². The Hall–Kier alpha value is -4.37. The first-order chi connectivity index (χ1) is 21.2. The topological polar surface area (TPSA) is 99.2 Å². The van der Waals surface area contributed by atoms with E-state index in [1.54, 1.807) is 6.08 Å². The molecule has 6 rings (SSSR count). The Morgan fingerprint density at radius 2 is 1.45 bits per heavy atom. The van der Waals surface area contributed by atoms with Crippen molar-refractivity contribution in [1.29, 1.82) is 0 Å². The Balaban J connectivity index is 1.26. The Bertz CT molecular complexity index is 1570. The van der Waals surface area contributed by atoms with E-state index in [-0.39, 0.29) is 24.5 Å². The Kier molecular flexibility index (Phi) is 7.84. The minimum atomic E-state index is -1.26. The average Bonchev–Trinajstić information content (AvgIpc) is 3.59. The third-order valence-corrected chi connectivity index (χ3v) is 10.4. The molecule has 2 aliphatic heterocycles. The van der Waals surface area contributed by atoms with Crippen molar-refractivity contribution in [2.75, 3.05) is 7.11 Å². The van der Waals surface area contributed by atoms with Gasteiger partial charge in [0.15, 0.2) is 6.10 Å². The van der Waals surface area contributed by atoms with Gasteiger partial charge >= 0.3 is 17.9 Å². The van der Waals surface area contributed by atoms with Crippen LogP contribution in [0.4, 0.5) is 0 Å². The molecule has 4 atom stereocenters. The fourth-order valence-corrected chi connectivity index (χ4v) is 8.40. The van der Waals surface area contributed by atoms with Gasteiger partial charge in [-0.25, -0.2) is 9.59 Å². The van der Waals surface area contributed by atoms with Gasteiger partial charge in [0.25, 0.3) is 0 Å². The van der Waals surface area contributed by atoms with Crippen molar-refractivity contribution < 1.29 is 33.4 Å². The molecule has 3 aromatic rings. The second-order valence-electron chi connectivity index (χ2n) is 11.7. The molecular weight excluding hydrogens is 578 g/mol. The molecule has 3 aromatic carbocycles. The maximum atomic E-state index is 14.2. The van der Waals surface area contributed by atoms with Crippen LogP contribution in [0.25, 0.3) is 0 Å². The molecule has 0 radical (unpaired) electrons. The van der Waals surface area contributed by atoms with E-state index in [1.165, 1.54) is 23.8 Å². The highest BCUT2D eigenvalue weighted by Crippen LogP contribution is 2.66.